The van der Waals surface area contributed by atoms with Crippen LogP contribution >= 0.6 is 0 Å². The molecule has 0 aliphatic carbocycles. The highest BCUT2D eigenvalue weighted by Crippen LogP contribution is 2.18. The molecule has 7 nitrogen and oxygen atoms in total. The number of aromatic nitrogens is 1. The predicted octanol–water partition coefficient (Wildman–Crippen LogP) is 0.346. The van der Waals surface area contributed by atoms with Gasteiger partial charge in [0.1, 0.15) is 18.1 Å². The van der Waals surface area contributed by atoms with Gasteiger partial charge < -0.3 is 14.2 Å². The standard InChI is InChI=1S/C18H24N4O3/c1-13-17(14(2)25-20-13)12-24-16-6-4-5-15(11-16)18(23)19-22-9-7-21(3)8-10-22/h4-6,11H,7-10,12H2,1-3H3,(H,19,23)/p+1. The summed E-state index contributed by atoms with van der Waals surface area (Å²) in [6.45, 7) is 7.89. The number of nitrogens with zero attached hydrogens (tertiary/aromatic N) is 2. The molecule has 7 heteroatoms. The number of benzene rings is 1. The summed E-state index contributed by atoms with van der Waals surface area (Å²) in [6.07, 6.45) is 0. The van der Waals surface area contributed by atoms with Gasteiger partial charge in [-0.25, -0.2) is 5.01 Å². The van der Waals surface area contributed by atoms with Gasteiger partial charge in [0.2, 0.25) is 0 Å². The van der Waals surface area contributed by atoms with Gasteiger partial charge >= 0.3 is 0 Å². The highest BCUT2D eigenvalue weighted by atomic mass is 16.5. The highest BCUT2D eigenvalue weighted by molar-refractivity contribution is 5.94. The van der Waals surface area contributed by atoms with Crippen LogP contribution in [0.1, 0.15) is 27.4 Å². The van der Waals surface area contributed by atoms with Crippen molar-refractivity contribution in [1.29, 1.82) is 0 Å². The molecule has 2 aromatic rings. The van der Waals surface area contributed by atoms with E-state index >= 15 is 0 Å². The summed E-state index contributed by atoms with van der Waals surface area (Å²) in [4.78, 5) is 13.9. The molecule has 1 amide bonds. The van der Waals surface area contributed by atoms with Crippen LogP contribution < -0.4 is 15.1 Å². The number of piperazine rings is 1. The first kappa shape index (κ1) is 17.4. The Bertz CT molecular complexity index is 716. The molecule has 1 aliphatic heterocycles. The van der Waals surface area contributed by atoms with E-state index in [0.29, 0.717) is 17.9 Å². The van der Waals surface area contributed by atoms with Gasteiger partial charge in [-0.05, 0) is 32.0 Å². The van der Waals surface area contributed by atoms with Crippen molar-refractivity contribution < 1.29 is 19.0 Å². The molecule has 1 aromatic carbocycles. The Morgan fingerprint density at radius 1 is 1.36 bits per heavy atom. The lowest BCUT2D eigenvalue weighted by atomic mass is 10.2. The zero-order valence-electron chi connectivity index (χ0n) is 15.0. The second-order valence-corrected chi connectivity index (χ2v) is 6.50. The molecule has 0 atom stereocenters. The summed E-state index contributed by atoms with van der Waals surface area (Å²) in [5.41, 5.74) is 5.32. The number of likely N-dealkylation sites (N-methyl/N-ethyl adjacent to an activating group) is 1. The van der Waals surface area contributed by atoms with Crippen LogP contribution in [0.25, 0.3) is 0 Å². The topological polar surface area (TPSA) is 72.0 Å². The van der Waals surface area contributed by atoms with Gasteiger partial charge in [0.25, 0.3) is 5.91 Å². The predicted molar refractivity (Wildman–Crippen MR) is 92.4 cm³/mol. The zero-order chi connectivity index (χ0) is 17.8. The summed E-state index contributed by atoms with van der Waals surface area (Å²) >= 11 is 0. The number of hydrogen-bond donors (Lipinski definition) is 2. The molecule has 134 valence electrons. The number of quaternary nitrogens is 1. The minimum absolute atomic E-state index is 0.109. The smallest absolute Gasteiger partial charge is 0.265 e. The first-order chi connectivity index (χ1) is 12.0. The molecule has 0 unspecified atom stereocenters. The molecule has 2 heterocycles. The number of amides is 1. The fourth-order valence-electron chi connectivity index (χ4n) is 2.80. The average Bonchev–Trinajstić information content (AvgIpc) is 2.93. The largest absolute Gasteiger partial charge is 0.489 e. The summed E-state index contributed by atoms with van der Waals surface area (Å²) in [7, 11) is 2.17. The van der Waals surface area contributed by atoms with Crippen LogP contribution in [-0.2, 0) is 6.61 Å². The fourth-order valence-corrected chi connectivity index (χ4v) is 2.80. The Balaban J connectivity index is 1.60. The van der Waals surface area contributed by atoms with Crippen molar-refractivity contribution in [3.05, 3.63) is 46.8 Å². The van der Waals surface area contributed by atoms with Crippen LogP contribution in [0.5, 0.6) is 5.75 Å². The third-order valence-electron chi connectivity index (χ3n) is 4.54. The van der Waals surface area contributed by atoms with Crippen molar-refractivity contribution in [1.82, 2.24) is 15.6 Å². The molecule has 1 aromatic heterocycles. The molecule has 1 saturated heterocycles. The SMILES string of the molecule is Cc1noc(C)c1COc1cccc(C(=O)NN2CC[NH+](C)CC2)c1. The van der Waals surface area contributed by atoms with Crippen LogP contribution in [0.15, 0.2) is 28.8 Å². The number of nitrogens with one attached hydrogen (secondary N) is 2. The number of rotatable bonds is 5. The Morgan fingerprint density at radius 3 is 2.80 bits per heavy atom. The average molecular weight is 345 g/mol. The van der Waals surface area contributed by atoms with Gasteiger partial charge in [0.05, 0.1) is 44.5 Å². The van der Waals surface area contributed by atoms with Crippen molar-refractivity contribution in [3.8, 4) is 5.75 Å². The number of carbonyl (C=O) groups is 1. The normalized spacial score (nSPS) is 16.0. The number of hydrazine groups is 1. The maximum Gasteiger partial charge on any atom is 0.265 e. The lowest BCUT2D eigenvalue weighted by Crippen LogP contribution is -3.12. The maximum atomic E-state index is 12.4. The van der Waals surface area contributed by atoms with Crippen molar-refractivity contribution in [2.24, 2.45) is 0 Å². The summed E-state index contributed by atoms with van der Waals surface area (Å²) < 4.78 is 10.9. The summed E-state index contributed by atoms with van der Waals surface area (Å²) in [5, 5.41) is 5.90. The van der Waals surface area contributed by atoms with Crippen LogP contribution in [0.2, 0.25) is 0 Å². The van der Waals surface area contributed by atoms with E-state index in [1.54, 1.807) is 12.1 Å². The minimum Gasteiger partial charge on any atom is -0.489 e. The second kappa shape index (κ2) is 7.67. The Morgan fingerprint density at radius 2 is 2.12 bits per heavy atom. The molecule has 25 heavy (non-hydrogen) atoms. The first-order valence-corrected chi connectivity index (χ1v) is 8.55. The van der Waals surface area contributed by atoms with Crippen LogP contribution in [0.3, 0.4) is 0 Å². The van der Waals surface area contributed by atoms with E-state index in [2.05, 4.69) is 17.6 Å². The van der Waals surface area contributed by atoms with Gasteiger partial charge in [-0.2, -0.15) is 0 Å². The van der Waals surface area contributed by atoms with E-state index in [-0.39, 0.29) is 5.91 Å². The van der Waals surface area contributed by atoms with Gasteiger partial charge in [-0.3, -0.25) is 10.2 Å². The lowest BCUT2D eigenvalue weighted by Gasteiger charge is -2.30. The van der Waals surface area contributed by atoms with Crippen molar-refractivity contribution in [2.45, 2.75) is 20.5 Å². The van der Waals surface area contributed by atoms with Crippen LogP contribution in [0, 0.1) is 13.8 Å². The van der Waals surface area contributed by atoms with Crippen molar-refractivity contribution in [3.63, 3.8) is 0 Å². The molecular formula is C18H25N4O3+. The molecule has 0 saturated carbocycles. The Hall–Kier alpha value is -2.38. The summed E-state index contributed by atoms with van der Waals surface area (Å²) in [6, 6.07) is 7.22. The van der Waals surface area contributed by atoms with Gasteiger partial charge in [-0.1, -0.05) is 11.2 Å². The van der Waals surface area contributed by atoms with Crippen molar-refractivity contribution in [2.75, 3.05) is 33.2 Å². The fraction of sp³-hybridized carbons (Fsp3) is 0.444. The molecule has 1 aliphatic rings. The van der Waals surface area contributed by atoms with E-state index in [1.165, 1.54) is 4.90 Å². The first-order valence-electron chi connectivity index (χ1n) is 8.55. The van der Waals surface area contributed by atoms with E-state index in [0.717, 1.165) is 43.2 Å². The third kappa shape index (κ3) is 4.37. The lowest BCUT2D eigenvalue weighted by molar-refractivity contribution is -0.884. The molecule has 0 radical (unpaired) electrons. The maximum absolute atomic E-state index is 12.4. The third-order valence-corrected chi connectivity index (χ3v) is 4.54. The number of hydrogen-bond acceptors (Lipinski definition) is 5. The number of carbonyl (C=O) groups excluding carboxylic acids is 1. The molecule has 1 fully saturated rings. The molecule has 0 bridgehead atoms. The van der Waals surface area contributed by atoms with E-state index < -0.39 is 0 Å². The minimum atomic E-state index is -0.109. The van der Waals surface area contributed by atoms with Crippen molar-refractivity contribution >= 4 is 5.91 Å². The monoisotopic (exact) mass is 345 g/mol. The molecule has 0 spiro atoms. The van der Waals surface area contributed by atoms with Crippen LogP contribution in [0.4, 0.5) is 0 Å². The number of aryl methyl sites for hydroxylation is 2. The van der Waals surface area contributed by atoms with Gasteiger partial charge in [-0.15, -0.1) is 0 Å². The molecule has 3 rings (SSSR count). The van der Waals surface area contributed by atoms with E-state index in [1.807, 2.05) is 31.0 Å². The summed E-state index contributed by atoms with van der Waals surface area (Å²) in [5.74, 6) is 1.29. The Kier molecular flexibility index (Phi) is 5.35. The number of ether oxygens (including phenoxy) is 1. The molecular weight excluding hydrogens is 320 g/mol. The highest BCUT2D eigenvalue weighted by Gasteiger charge is 2.19. The van der Waals surface area contributed by atoms with E-state index in [9.17, 15) is 4.79 Å². The Labute approximate surface area is 147 Å². The van der Waals surface area contributed by atoms with Gasteiger partial charge in [0, 0.05) is 5.56 Å². The van der Waals surface area contributed by atoms with E-state index in [4.69, 9.17) is 9.26 Å². The second-order valence-electron chi connectivity index (χ2n) is 6.50. The zero-order valence-corrected chi connectivity index (χ0v) is 15.0. The molecule has 2 N–H and O–H groups in total. The van der Waals surface area contributed by atoms with Gasteiger partial charge in [0.15, 0.2) is 0 Å². The van der Waals surface area contributed by atoms with Crippen LogP contribution in [-0.4, -0.2) is 49.3 Å². The quantitative estimate of drug-likeness (QED) is 0.818.